The maximum absolute atomic E-state index is 13.2. The third-order valence-electron chi connectivity index (χ3n) is 3.66. The highest BCUT2D eigenvalue weighted by Crippen LogP contribution is 2.26. The highest BCUT2D eigenvalue weighted by atomic mass is 79.9. The Bertz CT molecular complexity index is 976. The fraction of sp³-hybridized carbons (Fsp3) is 0.188. The van der Waals surface area contributed by atoms with Gasteiger partial charge in [0.25, 0.3) is 10.0 Å². The van der Waals surface area contributed by atoms with Crippen LogP contribution >= 0.6 is 15.9 Å². The summed E-state index contributed by atoms with van der Waals surface area (Å²) < 4.78 is 28.7. The number of hydrogen-bond donors (Lipinski definition) is 0. The largest absolute Gasteiger partial charge is 0.269 e. The average Bonchev–Trinajstić information content (AvgIpc) is 2.90. The van der Waals surface area contributed by atoms with E-state index in [1.807, 2.05) is 12.1 Å². The summed E-state index contributed by atoms with van der Waals surface area (Å²) in [6.45, 7) is 6.39. The van der Waals surface area contributed by atoms with Crippen molar-refractivity contribution in [3.63, 3.8) is 0 Å². The lowest BCUT2D eigenvalue weighted by molar-refractivity contribution is 0.589. The van der Waals surface area contributed by atoms with E-state index >= 15 is 0 Å². The lowest BCUT2D eigenvalue weighted by Gasteiger charge is -2.19. The summed E-state index contributed by atoms with van der Waals surface area (Å²) in [5, 5.41) is 1.67. The first kappa shape index (κ1) is 16.4. The van der Waals surface area contributed by atoms with E-state index in [-0.39, 0.29) is 4.90 Å². The van der Waals surface area contributed by atoms with E-state index in [1.54, 1.807) is 36.5 Å². The van der Waals surface area contributed by atoms with E-state index in [0.29, 0.717) is 5.65 Å². The predicted molar refractivity (Wildman–Crippen MR) is 99.4 cm³/mol. The molecule has 0 aliphatic heterocycles. The lowest BCUT2D eigenvalue weighted by atomic mass is 10.3. The van der Waals surface area contributed by atoms with Gasteiger partial charge in [0.1, 0.15) is 8.07 Å². The molecule has 0 aliphatic rings. The van der Waals surface area contributed by atoms with Crippen molar-refractivity contribution in [1.82, 2.24) is 8.96 Å². The molecule has 0 amide bonds. The van der Waals surface area contributed by atoms with Crippen molar-refractivity contribution < 1.29 is 8.42 Å². The molecule has 3 aromatic rings. The second-order valence-corrected chi connectivity index (χ2v) is 14.0. The molecular formula is C16H17BrN2O2SSi. The van der Waals surface area contributed by atoms with Crippen molar-refractivity contribution in [2.75, 3.05) is 0 Å². The number of nitrogens with zero attached hydrogens (tertiary/aromatic N) is 2. The van der Waals surface area contributed by atoms with Crippen molar-refractivity contribution in [2.45, 2.75) is 24.5 Å². The summed E-state index contributed by atoms with van der Waals surface area (Å²) in [5.74, 6) is 0. The van der Waals surface area contributed by atoms with Gasteiger partial charge < -0.3 is 0 Å². The number of aromatic nitrogens is 2. The smallest absolute Gasteiger partial charge is 0.237 e. The van der Waals surface area contributed by atoms with Crippen LogP contribution in [0.3, 0.4) is 0 Å². The molecule has 0 saturated heterocycles. The molecule has 0 fully saturated rings. The molecule has 0 bridgehead atoms. The van der Waals surface area contributed by atoms with Gasteiger partial charge in [0.2, 0.25) is 0 Å². The van der Waals surface area contributed by atoms with Crippen LogP contribution in [-0.2, 0) is 10.0 Å². The first-order valence-electron chi connectivity index (χ1n) is 7.20. The van der Waals surface area contributed by atoms with Gasteiger partial charge in [0.05, 0.1) is 4.90 Å². The van der Waals surface area contributed by atoms with Gasteiger partial charge in [0.15, 0.2) is 5.65 Å². The Morgan fingerprint density at radius 2 is 1.74 bits per heavy atom. The maximum atomic E-state index is 13.2. The van der Waals surface area contributed by atoms with Gasteiger partial charge in [-0.15, -0.1) is 0 Å². The molecule has 4 nitrogen and oxygen atoms in total. The van der Waals surface area contributed by atoms with Gasteiger partial charge in [-0.3, -0.25) is 0 Å². The van der Waals surface area contributed by atoms with E-state index in [2.05, 4.69) is 40.6 Å². The first-order valence-corrected chi connectivity index (χ1v) is 12.9. The molecule has 0 atom stereocenters. The molecular weight excluding hydrogens is 392 g/mol. The SMILES string of the molecule is C[Si](C)(C)c1cc2c(Br)ccnc2n1S(=O)(=O)c1ccccc1. The first-order chi connectivity index (χ1) is 10.7. The molecule has 120 valence electrons. The van der Waals surface area contributed by atoms with Gasteiger partial charge in [-0.05, 0) is 40.2 Å². The normalized spacial score (nSPS) is 12.7. The summed E-state index contributed by atoms with van der Waals surface area (Å²) >= 11 is 3.50. The summed E-state index contributed by atoms with van der Waals surface area (Å²) in [4.78, 5) is 4.62. The molecule has 3 rings (SSSR count). The highest BCUT2D eigenvalue weighted by Gasteiger charge is 2.31. The number of halogens is 1. The summed E-state index contributed by atoms with van der Waals surface area (Å²) in [6.07, 6.45) is 1.62. The van der Waals surface area contributed by atoms with E-state index in [0.717, 1.165) is 15.2 Å². The van der Waals surface area contributed by atoms with Crippen molar-refractivity contribution in [3.05, 3.63) is 53.1 Å². The maximum Gasteiger partial charge on any atom is 0.269 e. The molecule has 0 N–H and O–H groups in total. The zero-order chi connectivity index (χ0) is 16.8. The van der Waals surface area contributed by atoms with Gasteiger partial charge in [-0.2, -0.15) is 0 Å². The quantitative estimate of drug-likeness (QED) is 0.622. The topological polar surface area (TPSA) is 52.0 Å². The van der Waals surface area contributed by atoms with Crippen LogP contribution in [0.5, 0.6) is 0 Å². The third kappa shape index (κ3) is 2.77. The Morgan fingerprint density at radius 1 is 1.09 bits per heavy atom. The van der Waals surface area contributed by atoms with Gasteiger partial charge in [-0.25, -0.2) is 17.4 Å². The van der Waals surface area contributed by atoms with Gasteiger partial charge in [0, 0.05) is 21.4 Å². The molecule has 2 heterocycles. The minimum absolute atomic E-state index is 0.277. The second kappa shape index (κ2) is 5.57. The molecule has 0 spiro atoms. The van der Waals surface area contributed by atoms with Crippen LogP contribution in [0.1, 0.15) is 0 Å². The molecule has 7 heteroatoms. The Labute approximate surface area is 145 Å². The number of hydrogen-bond acceptors (Lipinski definition) is 3. The molecule has 0 aliphatic carbocycles. The fourth-order valence-electron chi connectivity index (χ4n) is 2.51. The molecule has 0 saturated carbocycles. The van der Waals surface area contributed by atoms with Crippen molar-refractivity contribution in [1.29, 1.82) is 0 Å². The zero-order valence-electron chi connectivity index (χ0n) is 13.1. The zero-order valence-corrected chi connectivity index (χ0v) is 16.5. The predicted octanol–water partition coefficient (Wildman–Crippen LogP) is 3.58. The van der Waals surface area contributed by atoms with Crippen molar-refractivity contribution in [3.8, 4) is 0 Å². The third-order valence-corrected chi connectivity index (χ3v) is 8.13. The minimum Gasteiger partial charge on any atom is -0.237 e. The van der Waals surface area contributed by atoms with Crippen LogP contribution in [0.4, 0.5) is 0 Å². The van der Waals surface area contributed by atoms with Crippen LogP contribution in [0.25, 0.3) is 11.0 Å². The van der Waals surface area contributed by atoms with Gasteiger partial charge in [-0.1, -0.05) is 37.8 Å². The minimum atomic E-state index is -3.68. The van der Waals surface area contributed by atoms with Crippen molar-refractivity contribution in [2.24, 2.45) is 0 Å². The lowest BCUT2D eigenvalue weighted by Crippen LogP contribution is -2.44. The molecule has 1 aromatic carbocycles. The molecule has 0 unspecified atom stereocenters. The number of pyridine rings is 1. The van der Waals surface area contributed by atoms with Crippen LogP contribution in [0.15, 0.2) is 58.0 Å². The summed E-state index contributed by atoms with van der Waals surface area (Å²) in [5.41, 5.74) is 0.473. The number of benzene rings is 1. The summed E-state index contributed by atoms with van der Waals surface area (Å²) in [6, 6.07) is 12.3. The Hall–Kier alpha value is -1.44. The highest BCUT2D eigenvalue weighted by molar-refractivity contribution is 9.10. The van der Waals surface area contributed by atoms with Crippen LogP contribution in [0, 0.1) is 0 Å². The average molecular weight is 409 g/mol. The Morgan fingerprint density at radius 3 is 2.35 bits per heavy atom. The van der Waals surface area contributed by atoms with Crippen LogP contribution < -0.4 is 5.32 Å². The Kier molecular flexibility index (Phi) is 3.98. The molecule has 0 radical (unpaired) electrons. The fourth-order valence-corrected chi connectivity index (χ4v) is 6.79. The second-order valence-electron chi connectivity index (χ2n) is 6.39. The van der Waals surface area contributed by atoms with E-state index in [1.165, 1.54) is 3.97 Å². The summed E-state index contributed by atoms with van der Waals surface area (Å²) in [7, 11) is -5.59. The molecule has 2 aromatic heterocycles. The standard InChI is InChI=1S/C16H17BrN2O2SSi/c1-23(2,3)15-11-13-14(17)9-10-18-16(13)19(15)22(20,21)12-7-5-4-6-8-12/h4-11H,1-3H3. The van der Waals surface area contributed by atoms with Gasteiger partial charge >= 0.3 is 0 Å². The van der Waals surface area contributed by atoms with Crippen molar-refractivity contribution >= 4 is 50.4 Å². The van der Waals surface area contributed by atoms with E-state index < -0.39 is 18.1 Å². The van der Waals surface area contributed by atoms with E-state index in [9.17, 15) is 8.42 Å². The Balaban J connectivity index is 2.43. The van der Waals surface area contributed by atoms with Crippen LogP contribution in [-0.4, -0.2) is 25.4 Å². The van der Waals surface area contributed by atoms with Crippen LogP contribution in [0.2, 0.25) is 19.6 Å². The number of rotatable bonds is 3. The number of fused-ring (bicyclic) bond motifs is 1. The monoisotopic (exact) mass is 408 g/mol. The van der Waals surface area contributed by atoms with E-state index in [4.69, 9.17) is 0 Å². The molecule has 23 heavy (non-hydrogen) atoms.